The molecule has 0 fully saturated rings. The Hall–Kier alpha value is -1.84. The van der Waals surface area contributed by atoms with Gasteiger partial charge in [-0.2, -0.15) is 0 Å². The van der Waals surface area contributed by atoms with Crippen molar-refractivity contribution in [1.82, 2.24) is 10.6 Å². The van der Waals surface area contributed by atoms with Crippen molar-refractivity contribution in [3.05, 3.63) is 35.4 Å². The molecule has 2 amide bonds. The van der Waals surface area contributed by atoms with Gasteiger partial charge in [0, 0.05) is 26.1 Å². The number of amides is 2. The molecule has 1 aromatic carbocycles. The molecule has 1 rings (SSSR count). The SMILES string of the molecule is CNC(=O)CCc1cccc(C(=O)NC)c1. The number of carbonyl (C=O) groups is 2. The van der Waals surface area contributed by atoms with Gasteiger partial charge in [0.05, 0.1) is 0 Å². The minimum atomic E-state index is -0.109. The van der Waals surface area contributed by atoms with Crippen molar-refractivity contribution >= 4 is 11.8 Å². The van der Waals surface area contributed by atoms with Crippen molar-refractivity contribution in [3.8, 4) is 0 Å². The third-order valence-corrected chi connectivity index (χ3v) is 2.34. The van der Waals surface area contributed by atoms with E-state index in [2.05, 4.69) is 10.6 Å². The van der Waals surface area contributed by atoms with Gasteiger partial charge in [0.15, 0.2) is 0 Å². The average Bonchev–Trinajstić information content (AvgIpc) is 2.35. The summed E-state index contributed by atoms with van der Waals surface area (Å²) in [4.78, 5) is 22.4. The van der Waals surface area contributed by atoms with E-state index in [4.69, 9.17) is 0 Å². The van der Waals surface area contributed by atoms with Gasteiger partial charge in [-0.3, -0.25) is 9.59 Å². The van der Waals surface area contributed by atoms with Crippen molar-refractivity contribution in [2.24, 2.45) is 0 Å². The Morgan fingerprint density at radius 3 is 2.56 bits per heavy atom. The Bertz CT molecular complexity index is 388. The summed E-state index contributed by atoms with van der Waals surface area (Å²) in [6.45, 7) is 0. The van der Waals surface area contributed by atoms with Gasteiger partial charge in [0.1, 0.15) is 0 Å². The van der Waals surface area contributed by atoms with Gasteiger partial charge in [-0.25, -0.2) is 0 Å². The fraction of sp³-hybridized carbons (Fsp3) is 0.333. The normalized spacial score (nSPS) is 9.62. The molecular weight excluding hydrogens is 204 g/mol. The number of hydrogen-bond donors (Lipinski definition) is 2. The van der Waals surface area contributed by atoms with E-state index >= 15 is 0 Å². The van der Waals surface area contributed by atoms with Crippen LogP contribution in [0, 0.1) is 0 Å². The fourth-order valence-corrected chi connectivity index (χ4v) is 1.40. The molecule has 86 valence electrons. The molecular formula is C12H16N2O2. The largest absolute Gasteiger partial charge is 0.359 e. The molecule has 4 nitrogen and oxygen atoms in total. The summed E-state index contributed by atoms with van der Waals surface area (Å²) in [7, 11) is 3.21. The topological polar surface area (TPSA) is 58.2 Å². The van der Waals surface area contributed by atoms with Crippen molar-refractivity contribution < 1.29 is 9.59 Å². The lowest BCUT2D eigenvalue weighted by atomic mass is 10.1. The summed E-state index contributed by atoms with van der Waals surface area (Å²) in [5.74, 6) is -0.105. The Morgan fingerprint density at radius 2 is 1.94 bits per heavy atom. The van der Waals surface area contributed by atoms with Gasteiger partial charge in [-0.1, -0.05) is 12.1 Å². The number of nitrogens with one attached hydrogen (secondary N) is 2. The van der Waals surface area contributed by atoms with Crippen LogP contribution in [0.15, 0.2) is 24.3 Å². The van der Waals surface area contributed by atoms with Crippen LogP contribution < -0.4 is 10.6 Å². The van der Waals surface area contributed by atoms with Gasteiger partial charge >= 0.3 is 0 Å². The molecule has 0 bridgehead atoms. The second-order valence-corrected chi connectivity index (χ2v) is 3.45. The third kappa shape index (κ3) is 3.38. The van der Waals surface area contributed by atoms with E-state index in [1.165, 1.54) is 0 Å². The van der Waals surface area contributed by atoms with Crippen LogP contribution in [0.3, 0.4) is 0 Å². The molecule has 0 saturated carbocycles. The quantitative estimate of drug-likeness (QED) is 0.785. The first-order valence-electron chi connectivity index (χ1n) is 5.19. The molecule has 0 aliphatic rings. The molecule has 2 N–H and O–H groups in total. The van der Waals surface area contributed by atoms with E-state index in [-0.39, 0.29) is 11.8 Å². The van der Waals surface area contributed by atoms with E-state index in [1.807, 2.05) is 18.2 Å². The first kappa shape index (κ1) is 12.2. The Kier molecular flexibility index (Phi) is 4.51. The lowest BCUT2D eigenvalue weighted by Gasteiger charge is -2.04. The molecule has 0 aliphatic heterocycles. The summed E-state index contributed by atoms with van der Waals surface area (Å²) in [5.41, 5.74) is 1.61. The molecule has 0 saturated heterocycles. The molecule has 4 heteroatoms. The molecule has 0 aromatic heterocycles. The Labute approximate surface area is 95.0 Å². The monoisotopic (exact) mass is 220 g/mol. The van der Waals surface area contributed by atoms with Crippen LogP contribution in [-0.2, 0) is 11.2 Å². The number of benzene rings is 1. The molecule has 0 aliphatic carbocycles. The van der Waals surface area contributed by atoms with E-state index < -0.39 is 0 Å². The zero-order valence-corrected chi connectivity index (χ0v) is 9.54. The van der Waals surface area contributed by atoms with Crippen LogP contribution in [0.4, 0.5) is 0 Å². The first-order chi connectivity index (χ1) is 7.67. The van der Waals surface area contributed by atoms with Gasteiger partial charge in [-0.05, 0) is 24.1 Å². The highest BCUT2D eigenvalue weighted by molar-refractivity contribution is 5.94. The zero-order chi connectivity index (χ0) is 12.0. The maximum absolute atomic E-state index is 11.4. The number of carbonyl (C=O) groups excluding carboxylic acids is 2. The summed E-state index contributed by atoms with van der Waals surface area (Å²) in [6, 6.07) is 7.29. The summed E-state index contributed by atoms with van der Waals surface area (Å²) in [6.07, 6.45) is 1.08. The molecule has 0 heterocycles. The van der Waals surface area contributed by atoms with Crippen molar-refractivity contribution in [2.45, 2.75) is 12.8 Å². The average molecular weight is 220 g/mol. The van der Waals surface area contributed by atoms with Gasteiger partial charge in [-0.15, -0.1) is 0 Å². The van der Waals surface area contributed by atoms with E-state index in [1.54, 1.807) is 20.2 Å². The predicted octanol–water partition coefficient (Wildman–Crippen LogP) is 0.725. The van der Waals surface area contributed by atoms with Crippen LogP contribution in [0.25, 0.3) is 0 Å². The zero-order valence-electron chi connectivity index (χ0n) is 9.54. The minimum absolute atomic E-state index is 0.00495. The van der Waals surface area contributed by atoms with Crippen molar-refractivity contribution in [2.75, 3.05) is 14.1 Å². The van der Waals surface area contributed by atoms with E-state index in [9.17, 15) is 9.59 Å². The second kappa shape index (κ2) is 5.90. The second-order valence-electron chi connectivity index (χ2n) is 3.45. The standard InChI is InChI=1S/C12H16N2O2/c1-13-11(15)7-6-9-4-3-5-10(8-9)12(16)14-2/h3-5,8H,6-7H2,1-2H3,(H,13,15)(H,14,16). The lowest BCUT2D eigenvalue weighted by Crippen LogP contribution is -2.19. The van der Waals surface area contributed by atoms with Crippen LogP contribution in [0.1, 0.15) is 22.3 Å². The summed E-state index contributed by atoms with van der Waals surface area (Å²) >= 11 is 0. The summed E-state index contributed by atoms with van der Waals surface area (Å²) < 4.78 is 0. The maximum atomic E-state index is 11.4. The predicted molar refractivity (Wildman–Crippen MR) is 62.2 cm³/mol. The number of hydrogen-bond acceptors (Lipinski definition) is 2. The number of rotatable bonds is 4. The van der Waals surface area contributed by atoms with Crippen molar-refractivity contribution in [3.63, 3.8) is 0 Å². The van der Waals surface area contributed by atoms with E-state index in [0.29, 0.717) is 18.4 Å². The van der Waals surface area contributed by atoms with Gasteiger partial charge < -0.3 is 10.6 Å². The highest BCUT2D eigenvalue weighted by Crippen LogP contribution is 2.07. The Morgan fingerprint density at radius 1 is 1.19 bits per heavy atom. The molecule has 16 heavy (non-hydrogen) atoms. The van der Waals surface area contributed by atoms with E-state index in [0.717, 1.165) is 5.56 Å². The van der Waals surface area contributed by atoms with Crippen molar-refractivity contribution in [1.29, 1.82) is 0 Å². The third-order valence-electron chi connectivity index (χ3n) is 2.34. The lowest BCUT2D eigenvalue weighted by molar-refractivity contribution is -0.120. The molecule has 0 atom stereocenters. The van der Waals surface area contributed by atoms with Crippen LogP contribution in [0.2, 0.25) is 0 Å². The first-order valence-corrected chi connectivity index (χ1v) is 5.19. The van der Waals surface area contributed by atoms with Crippen LogP contribution in [0.5, 0.6) is 0 Å². The highest BCUT2D eigenvalue weighted by atomic mass is 16.2. The highest BCUT2D eigenvalue weighted by Gasteiger charge is 2.04. The van der Waals surface area contributed by atoms with Gasteiger partial charge in [0.25, 0.3) is 5.91 Å². The molecule has 0 spiro atoms. The summed E-state index contributed by atoms with van der Waals surface area (Å²) in [5, 5.41) is 5.13. The molecule has 1 aromatic rings. The smallest absolute Gasteiger partial charge is 0.251 e. The molecule has 0 radical (unpaired) electrons. The fourth-order valence-electron chi connectivity index (χ4n) is 1.40. The number of aryl methyl sites for hydroxylation is 1. The Balaban J connectivity index is 2.67. The van der Waals surface area contributed by atoms with Crippen LogP contribution >= 0.6 is 0 Å². The van der Waals surface area contributed by atoms with Gasteiger partial charge in [0.2, 0.25) is 5.91 Å². The van der Waals surface area contributed by atoms with Crippen LogP contribution in [-0.4, -0.2) is 25.9 Å². The minimum Gasteiger partial charge on any atom is -0.359 e. The maximum Gasteiger partial charge on any atom is 0.251 e. The molecule has 0 unspecified atom stereocenters.